The van der Waals surface area contributed by atoms with Crippen LogP contribution < -0.4 is 5.73 Å². The van der Waals surface area contributed by atoms with Crippen LogP contribution in [0.3, 0.4) is 0 Å². The fourth-order valence-electron chi connectivity index (χ4n) is 0.707. The lowest BCUT2D eigenvalue weighted by Gasteiger charge is -2.18. The van der Waals surface area contributed by atoms with Crippen molar-refractivity contribution < 1.29 is 0 Å². The third kappa shape index (κ3) is 13.1. The number of aryl methyl sites for hydroxylation is 2. The van der Waals surface area contributed by atoms with Crippen LogP contribution in [0.25, 0.3) is 0 Å². The number of nitrogens with zero attached hydrogens (tertiary/aromatic N) is 2. The first-order chi connectivity index (χ1) is 7.91. The molecule has 0 amide bonds. The van der Waals surface area contributed by atoms with Crippen molar-refractivity contribution in [3.63, 3.8) is 0 Å². The molecule has 0 aliphatic heterocycles. The summed E-state index contributed by atoms with van der Waals surface area (Å²) < 4.78 is 0. The lowest BCUT2D eigenvalue weighted by molar-refractivity contribution is 0.437. The van der Waals surface area contributed by atoms with E-state index in [-0.39, 0.29) is 13.0 Å². The highest BCUT2D eigenvalue weighted by Crippen LogP contribution is 2.07. The van der Waals surface area contributed by atoms with Gasteiger partial charge in [-0.3, -0.25) is 0 Å². The Morgan fingerprint density at radius 2 is 1.39 bits per heavy atom. The molecule has 18 heavy (non-hydrogen) atoms. The summed E-state index contributed by atoms with van der Waals surface area (Å²) in [6, 6.07) is 0. The number of nitrogens with two attached hydrogens (primary N) is 1. The van der Waals surface area contributed by atoms with Crippen molar-refractivity contribution in [2.24, 2.45) is 5.73 Å². The maximum atomic E-state index is 5.72. The topological polar surface area (TPSA) is 51.8 Å². The van der Waals surface area contributed by atoms with Crippen molar-refractivity contribution in [3.05, 3.63) is 23.8 Å². The molecule has 0 bridgehead atoms. The molecule has 1 rings (SSSR count). The Balaban J connectivity index is -0.000000211. The molecule has 3 nitrogen and oxygen atoms in total. The SMILES string of the molecule is C.CC.CCC(C)(N)CC.Cc1cnc(C)nc1. The molecular formula is C15H33N3. The smallest absolute Gasteiger partial charge is 0.125 e. The first-order valence-electron chi connectivity index (χ1n) is 6.45. The van der Waals surface area contributed by atoms with Crippen molar-refractivity contribution in [3.8, 4) is 0 Å². The van der Waals surface area contributed by atoms with Crippen molar-refractivity contribution in [1.82, 2.24) is 9.97 Å². The number of rotatable bonds is 2. The Labute approximate surface area is 114 Å². The van der Waals surface area contributed by atoms with Crippen LogP contribution in [0.1, 0.15) is 66.3 Å². The molecule has 1 aromatic rings. The molecule has 1 aromatic heterocycles. The van der Waals surface area contributed by atoms with Crippen LogP contribution in [0.4, 0.5) is 0 Å². The lowest BCUT2D eigenvalue weighted by Crippen LogP contribution is -2.33. The molecule has 0 spiro atoms. The number of hydrogen-bond donors (Lipinski definition) is 1. The van der Waals surface area contributed by atoms with Crippen LogP contribution in [-0.4, -0.2) is 15.5 Å². The fraction of sp³-hybridized carbons (Fsp3) is 0.733. The summed E-state index contributed by atoms with van der Waals surface area (Å²) >= 11 is 0. The first kappa shape index (κ1) is 22.2. The van der Waals surface area contributed by atoms with E-state index in [0.29, 0.717) is 0 Å². The van der Waals surface area contributed by atoms with Gasteiger partial charge in [0.15, 0.2) is 0 Å². The summed E-state index contributed by atoms with van der Waals surface area (Å²) in [5.74, 6) is 0.829. The Morgan fingerprint density at radius 3 is 1.56 bits per heavy atom. The Kier molecular flexibility index (Phi) is 15.4. The highest BCUT2D eigenvalue weighted by molar-refractivity contribution is 5.00. The van der Waals surface area contributed by atoms with Crippen LogP contribution in [0.2, 0.25) is 0 Å². The number of hydrogen-bond acceptors (Lipinski definition) is 3. The Morgan fingerprint density at radius 1 is 1.06 bits per heavy atom. The van der Waals surface area contributed by atoms with E-state index >= 15 is 0 Å². The quantitative estimate of drug-likeness (QED) is 0.858. The van der Waals surface area contributed by atoms with E-state index in [4.69, 9.17) is 5.73 Å². The van der Waals surface area contributed by atoms with Crippen molar-refractivity contribution >= 4 is 0 Å². The highest BCUT2D eigenvalue weighted by Gasteiger charge is 2.10. The first-order valence-corrected chi connectivity index (χ1v) is 6.45. The second kappa shape index (κ2) is 12.5. The van der Waals surface area contributed by atoms with Gasteiger partial charge >= 0.3 is 0 Å². The monoisotopic (exact) mass is 255 g/mol. The average Bonchev–Trinajstić information content (AvgIpc) is 2.36. The molecule has 0 saturated heterocycles. The summed E-state index contributed by atoms with van der Waals surface area (Å²) in [5.41, 5.74) is 6.91. The van der Waals surface area contributed by atoms with E-state index in [9.17, 15) is 0 Å². The number of aromatic nitrogens is 2. The molecule has 0 fully saturated rings. The minimum atomic E-state index is 0. The van der Waals surface area contributed by atoms with Crippen LogP contribution >= 0.6 is 0 Å². The minimum absolute atomic E-state index is 0. The standard InChI is InChI=1S/C6H8N2.C6H15N.C2H6.CH4/c1-5-3-7-6(2)8-4-5;1-4-6(3,7)5-2;1-2;/h3-4H,1-2H3;4-5,7H2,1-3H3;1-2H3;1H4. The molecule has 0 aliphatic carbocycles. The average molecular weight is 255 g/mol. The molecule has 0 radical (unpaired) electrons. The van der Waals surface area contributed by atoms with Gasteiger partial charge in [-0.2, -0.15) is 0 Å². The molecule has 0 unspecified atom stereocenters. The van der Waals surface area contributed by atoms with Gasteiger partial charge < -0.3 is 5.73 Å². The van der Waals surface area contributed by atoms with E-state index < -0.39 is 0 Å². The Bertz CT molecular complexity index is 239. The van der Waals surface area contributed by atoms with Crippen molar-refractivity contribution in [1.29, 1.82) is 0 Å². The molecular weight excluding hydrogens is 222 g/mol. The largest absolute Gasteiger partial charge is 0.325 e. The zero-order valence-electron chi connectivity index (χ0n) is 12.5. The van der Waals surface area contributed by atoms with Gasteiger partial charge in [0.1, 0.15) is 5.82 Å². The molecule has 108 valence electrons. The lowest BCUT2D eigenvalue weighted by atomic mass is 9.98. The summed E-state index contributed by atoms with van der Waals surface area (Å²) in [6.45, 7) is 14.2. The van der Waals surface area contributed by atoms with Gasteiger partial charge in [0.05, 0.1) is 0 Å². The molecule has 0 aliphatic rings. The normalized spacial score (nSPS) is 9.11. The van der Waals surface area contributed by atoms with E-state index in [2.05, 4.69) is 30.7 Å². The van der Waals surface area contributed by atoms with Crippen LogP contribution in [0.5, 0.6) is 0 Å². The zero-order valence-corrected chi connectivity index (χ0v) is 12.5. The molecule has 2 N–H and O–H groups in total. The summed E-state index contributed by atoms with van der Waals surface area (Å²) in [4.78, 5) is 7.94. The van der Waals surface area contributed by atoms with E-state index in [0.717, 1.165) is 24.2 Å². The van der Waals surface area contributed by atoms with Crippen LogP contribution in [0.15, 0.2) is 12.4 Å². The second-order valence-corrected chi connectivity index (χ2v) is 4.17. The third-order valence-electron chi connectivity index (χ3n) is 2.53. The van der Waals surface area contributed by atoms with Crippen molar-refractivity contribution in [2.45, 2.75) is 74.3 Å². The summed E-state index contributed by atoms with van der Waals surface area (Å²) in [6.07, 6.45) is 5.76. The molecule has 0 atom stereocenters. The second-order valence-electron chi connectivity index (χ2n) is 4.17. The predicted octanol–water partition coefficient (Wildman–Crippen LogP) is 4.28. The van der Waals surface area contributed by atoms with Gasteiger partial charge in [-0.1, -0.05) is 35.1 Å². The van der Waals surface area contributed by atoms with Crippen LogP contribution in [-0.2, 0) is 0 Å². The van der Waals surface area contributed by atoms with E-state index in [1.165, 1.54) is 0 Å². The van der Waals surface area contributed by atoms with Crippen LogP contribution in [0, 0.1) is 13.8 Å². The maximum Gasteiger partial charge on any atom is 0.125 e. The molecule has 0 saturated carbocycles. The maximum absolute atomic E-state index is 5.72. The fourth-order valence-corrected chi connectivity index (χ4v) is 0.707. The van der Waals surface area contributed by atoms with Gasteiger partial charge in [-0.25, -0.2) is 9.97 Å². The predicted molar refractivity (Wildman–Crippen MR) is 82.8 cm³/mol. The van der Waals surface area contributed by atoms with Gasteiger partial charge in [0, 0.05) is 17.9 Å². The molecule has 3 heteroatoms. The van der Waals surface area contributed by atoms with Gasteiger partial charge in [-0.15, -0.1) is 0 Å². The van der Waals surface area contributed by atoms with Gasteiger partial charge in [0.2, 0.25) is 0 Å². The van der Waals surface area contributed by atoms with Crippen molar-refractivity contribution in [2.75, 3.05) is 0 Å². The molecule has 0 aromatic carbocycles. The Hall–Kier alpha value is -0.960. The summed E-state index contributed by atoms with van der Waals surface area (Å²) in [7, 11) is 0. The highest BCUT2D eigenvalue weighted by atomic mass is 14.8. The zero-order chi connectivity index (χ0) is 13.9. The van der Waals surface area contributed by atoms with E-state index in [1.54, 1.807) is 0 Å². The molecule has 1 heterocycles. The minimum Gasteiger partial charge on any atom is -0.325 e. The van der Waals surface area contributed by atoms with E-state index in [1.807, 2.05) is 40.1 Å². The van der Waals surface area contributed by atoms with Gasteiger partial charge in [0.25, 0.3) is 0 Å². The third-order valence-corrected chi connectivity index (χ3v) is 2.53. The van der Waals surface area contributed by atoms with Gasteiger partial charge in [-0.05, 0) is 39.2 Å². The summed E-state index contributed by atoms with van der Waals surface area (Å²) in [5, 5.41) is 0.